The van der Waals surface area contributed by atoms with E-state index in [1.54, 1.807) is 6.07 Å². The number of nitrogens with zero attached hydrogens (tertiary/aromatic N) is 2. The first-order valence-electron chi connectivity index (χ1n) is 7.64. The van der Waals surface area contributed by atoms with Crippen molar-refractivity contribution in [3.63, 3.8) is 0 Å². The van der Waals surface area contributed by atoms with Crippen LogP contribution in [-0.2, 0) is 0 Å². The smallest absolute Gasteiger partial charge is 0.395 e. The minimum atomic E-state index is -0.724. The van der Waals surface area contributed by atoms with Gasteiger partial charge in [-0.1, -0.05) is 0 Å². The summed E-state index contributed by atoms with van der Waals surface area (Å²) in [6, 6.07) is 6.52. The molecule has 0 bridgehead atoms. The third-order valence-electron chi connectivity index (χ3n) is 3.90. The Labute approximate surface area is 137 Å². The number of anilines is 2. The third kappa shape index (κ3) is 3.37. The predicted octanol–water partition coefficient (Wildman–Crippen LogP) is 3.57. The molecule has 1 fully saturated rings. The number of hydrogen-bond acceptors (Lipinski definition) is 5. The summed E-state index contributed by atoms with van der Waals surface area (Å²) in [6.07, 6.45) is 3.22. The molecule has 1 aliphatic rings. The molecule has 0 spiro atoms. The van der Waals surface area contributed by atoms with Gasteiger partial charge < -0.3 is 14.6 Å². The second-order valence-electron chi connectivity index (χ2n) is 5.56. The quantitative estimate of drug-likeness (QED) is 0.682. The molecule has 24 heavy (non-hydrogen) atoms. The first kappa shape index (κ1) is 16.0. The van der Waals surface area contributed by atoms with Crippen LogP contribution in [0.15, 0.2) is 34.7 Å². The zero-order valence-corrected chi connectivity index (χ0v) is 12.8. The Kier molecular flexibility index (Phi) is 4.45. The summed E-state index contributed by atoms with van der Waals surface area (Å²) in [4.78, 5) is 24.2. The molecule has 0 saturated carbocycles. The Morgan fingerprint density at radius 3 is 2.62 bits per heavy atom. The number of carbonyl (C=O) groups excluding carboxylic acids is 1. The SMILES string of the molecule is O=C(Nc1cc(F)ccc1N1CCCCC1)c1ccc([N+](=O)[O-])o1. The Hall–Kier alpha value is -2.90. The maximum Gasteiger partial charge on any atom is 0.433 e. The van der Waals surface area contributed by atoms with Crippen molar-refractivity contribution in [1.29, 1.82) is 0 Å². The maximum atomic E-state index is 13.6. The lowest BCUT2D eigenvalue weighted by molar-refractivity contribution is -0.402. The van der Waals surface area contributed by atoms with Crippen LogP contribution >= 0.6 is 0 Å². The predicted molar refractivity (Wildman–Crippen MR) is 85.8 cm³/mol. The molecule has 0 radical (unpaired) electrons. The Morgan fingerprint density at radius 1 is 1.21 bits per heavy atom. The number of halogens is 1. The topological polar surface area (TPSA) is 88.6 Å². The first-order chi connectivity index (χ1) is 11.5. The van der Waals surface area contributed by atoms with Crippen molar-refractivity contribution in [1.82, 2.24) is 0 Å². The number of nitro groups is 1. The summed E-state index contributed by atoms with van der Waals surface area (Å²) in [7, 11) is 0. The number of piperidine rings is 1. The van der Waals surface area contributed by atoms with Gasteiger partial charge >= 0.3 is 5.88 Å². The second kappa shape index (κ2) is 6.69. The molecular weight excluding hydrogens is 317 g/mol. The molecule has 1 amide bonds. The molecule has 0 aliphatic carbocycles. The van der Waals surface area contributed by atoms with Gasteiger partial charge in [0.2, 0.25) is 0 Å². The van der Waals surface area contributed by atoms with Crippen LogP contribution in [0, 0.1) is 15.9 Å². The van der Waals surface area contributed by atoms with Crippen LogP contribution in [0.4, 0.5) is 21.6 Å². The fourth-order valence-corrected chi connectivity index (χ4v) is 2.75. The van der Waals surface area contributed by atoms with Crippen LogP contribution < -0.4 is 10.2 Å². The molecule has 8 heteroatoms. The lowest BCUT2D eigenvalue weighted by Crippen LogP contribution is -2.30. The molecule has 1 aromatic carbocycles. The van der Waals surface area contributed by atoms with Crippen LogP contribution in [0.3, 0.4) is 0 Å². The average molecular weight is 333 g/mol. The molecule has 7 nitrogen and oxygen atoms in total. The standard InChI is InChI=1S/C16H16FN3O4/c17-11-4-5-13(19-8-2-1-3-9-19)12(10-11)18-16(21)14-6-7-15(24-14)20(22)23/h4-7,10H,1-3,8-9H2,(H,18,21). The van der Waals surface area contributed by atoms with E-state index >= 15 is 0 Å². The molecule has 2 heterocycles. The van der Waals surface area contributed by atoms with Crippen molar-refractivity contribution in [3.8, 4) is 0 Å². The monoisotopic (exact) mass is 333 g/mol. The molecule has 3 rings (SSSR count). The fourth-order valence-electron chi connectivity index (χ4n) is 2.75. The van der Waals surface area contributed by atoms with Crippen LogP contribution in [-0.4, -0.2) is 23.9 Å². The summed E-state index contributed by atoms with van der Waals surface area (Å²) in [5.74, 6) is -1.85. The van der Waals surface area contributed by atoms with Gasteiger partial charge in [0.05, 0.1) is 17.4 Å². The lowest BCUT2D eigenvalue weighted by Gasteiger charge is -2.30. The highest BCUT2D eigenvalue weighted by atomic mass is 19.1. The van der Waals surface area contributed by atoms with Crippen molar-refractivity contribution in [2.24, 2.45) is 0 Å². The molecule has 126 valence electrons. The van der Waals surface area contributed by atoms with Crippen molar-refractivity contribution < 1.29 is 18.5 Å². The summed E-state index contributed by atoms with van der Waals surface area (Å²) in [5, 5.41) is 13.2. The van der Waals surface area contributed by atoms with E-state index in [-0.39, 0.29) is 5.76 Å². The van der Waals surface area contributed by atoms with Gasteiger partial charge in [0.1, 0.15) is 10.7 Å². The number of benzene rings is 1. The Morgan fingerprint density at radius 2 is 1.96 bits per heavy atom. The molecule has 1 aromatic heterocycles. The molecular formula is C16H16FN3O4. The summed E-state index contributed by atoms with van der Waals surface area (Å²) >= 11 is 0. The van der Waals surface area contributed by atoms with Gasteiger partial charge in [-0.15, -0.1) is 0 Å². The zero-order chi connectivity index (χ0) is 17.1. The van der Waals surface area contributed by atoms with Gasteiger partial charge in [-0.05, 0) is 43.5 Å². The van der Waals surface area contributed by atoms with Crippen molar-refractivity contribution in [2.45, 2.75) is 19.3 Å². The lowest BCUT2D eigenvalue weighted by atomic mass is 10.1. The maximum absolute atomic E-state index is 13.6. The van der Waals surface area contributed by atoms with E-state index in [1.807, 2.05) is 0 Å². The van der Waals surface area contributed by atoms with Crippen LogP contribution in [0.1, 0.15) is 29.8 Å². The van der Waals surface area contributed by atoms with Gasteiger partial charge in [0, 0.05) is 13.1 Å². The van der Waals surface area contributed by atoms with Crippen molar-refractivity contribution in [2.75, 3.05) is 23.3 Å². The number of hydrogen-bond donors (Lipinski definition) is 1. The Balaban J connectivity index is 1.83. The highest BCUT2D eigenvalue weighted by Crippen LogP contribution is 2.30. The second-order valence-corrected chi connectivity index (χ2v) is 5.56. The Bertz CT molecular complexity index is 768. The third-order valence-corrected chi connectivity index (χ3v) is 3.90. The van der Waals surface area contributed by atoms with Gasteiger partial charge in [-0.3, -0.25) is 14.9 Å². The normalized spacial score (nSPS) is 14.5. The number of furan rings is 1. The minimum absolute atomic E-state index is 0.199. The van der Waals surface area contributed by atoms with E-state index < -0.39 is 22.5 Å². The largest absolute Gasteiger partial charge is 0.433 e. The van der Waals surface area contributed by atoms with Crippen LogP contribution in [0.5, 0.6) is 0 Å². The number of nitrogens with one attached hydrogen (secondary N) is 1. The van der Waals surface area contributed by atoms with Gasteiger partial charge in [-0.2, -0.15) is 0 Å². The minimum Gasteiger partial charge on any atom is -0.395 e. The average Bonchev–Trinajstić information content (AvgIpc) is 3.06. The molecule has 2 aromatic rings. The molecule has 0 atom stereocenters. The van der Waals surface area contributed by atoms with E-state index in [4.69, 9.17) is 4.42 Å². The zero-order valence-electron chi connectivity index (χ0n) is 12.8. The molecule has 1 N–H and O–H groups in total. The molecule has 1 saturated heterocycles. The first-order valence-corrected chi connectivity index (χ1v) is 7.64. The number of rotatable bonds is 4. The van der Waals surface area contributed by atoms with E-state index in [9.17, 15) is 19.3 Å². The van der Waals surface area contributed by atoms with Gasteiger partial charge in [-0.25, -0.2) is 4.39 Å². The molecule has 0 unspecified atom stereocenters. The van der Waals surface area contributed by atoms with E-state index in [2.05, 4.69) is 10.2 Å². The molecule has 1 aliphatic heterocycles. The van der Waals surface area contributed by atoms with Gasteiger partial charge in [0.15, 0.2) is 5.76 Å². The van der Waals surface area contributed by atoms with E-state index in [0.717, 1.165) is 44.1 Å². The number of carbonyl (C=O) groups is 1. The highest BCUT2D eigenvalue weighted by Gasteiger charge is 2.20. The summed E-state index contributed by atoms with van der Waals surface area (Å²) in [5.41, 5.74) is 1.05. The van der Waals surface area contributed by atoms with Crippen LogP contribution in [0.25, 0.3) is 0 Å². The highest BCUT2D eigenvalue weighted by molar-refractivity contribution is 6.04. The van der Waals surface area contributed by atoms with Gasteiger partial charge in [0.25, 0.3) is 5.91 Å². The van der Waals surface area contributed by atoms with E-state index in [1.165, 1.54) is 18.2 Å². The van der Waals surface area contributed by atoms with Crippen molar-refractivity contribution >= 4 is 23.2 Å². The number of amides is 1. The van der Waals surface area contributed by atoms with Crippen LogP contribution in [0.2, 0.25) is 0 Å². The summed E-state index contributed by atoms with van der Waals surface area (Å²) < 4.78 is 18.5. The fraction of sp³-hybridized carbons (Fsp3) is 0.312. The summed E-state index contributed by atoms with van der Waals surface area (Å²) in [6.45, 7) is 1.67. The van der Waals surface area contributed by atoms with Crippen molar-refractivity contribution in [3.05, 3.63) is 52.0 Å². The van der Waals surface area contributed by atoms with E-state index in [0.29, 0.717) is 5.69 Å².